The number of aromatic nitrogens is 1. The van der Waals surface area contributed by atoms with Crippen molar-refractivity contribution < 1.29 is 9.53 Å². The zero-order valence-corrected chi connectivity index (χ0v) is 18.5. The van der Waals surface area contributed by atoms with E-state index in [1.165, 1.54) is 16.9 Å². The molecule has 0 saturated heterocycles. The van der Waals surface area contributed by atoms with Crippen molar-refractivity contribution in [3.8, 4) is 17.0 Å². The maximum atomic E-state index is 13.0. The molecule has 1 heterocycles. The zero-order valence-electron chi connectivity index (χ0n) is 17.7. The quantitative estimate of drug-likeness (QED) is 0.497. The molecule has 4 nitrogen and oxygen atoms in total. The minimum atomic E-state index is -0.221. The molecule has 1 aromatic heterocycles. The van der Waals surface area contributed by atoms with Gasteiger partial charge in [-0.3, -0.25) is 9.69 Å². The maximum absolute atomic E-state index is 13.0. The van der Waals surface area contributed by atoms with Gasteiger partial charge in [-0.05, 0) is 54.7 Å². The van der Waals surface area contributed by atoms with Crippen molar-refractivity contribution >= 4 is 22.4 Å². The van der Waals surface area contributed by atoms with Crippen molar-refractivity contribution in [2.45, 2.75) is 33.1 Å². The molecule has 0 N–H and O–H groups in total. The lowest BCUT2D eigenvalue weighted by Crippen LogP contribution is -2.30. The molecule has 1 atom stereocenters. The molecule has 29 heavy (non-hydrogen) atoms. The van der Waals surface area contributed by atoms with Crippen LogP contribution in [-0.4, -0.2) is 25.0 Å². The monoisotopic (exact) mass is 408 g/mol. The third kappa shape index (κ3) is 5.04. The van der Waals surface area contributed by atoms with E-state index in [0.717, 1.165) is 29.0 Å². The van der Waals surface area contributed by atoms with E-state index in [9.17, 15) is 4.79 Å². The topological polar surface area (TPSA) is 42.4 Å². The fourth-order valence-corrected chi connectivity index (χ4v) is 4.06. The molecule has 0 aliphatic heterocycles. The molecule has 3 rings (SSSR count). The molecule has 0 fully saturated rings. The lowest BCUT2D eigenvalue weighted by atomic mass is 9.96. The molecular weight excluding hydrogens is 380 g/mol. The van der Waals surface area contributed by atoms with Crippen LogP contribution >= 0.6 is 11.3 Å². The predicted molar refractivity (Wildman–Crippen MR) is 121 cm³/mol. The molecule has 5 heteroatoms. The number of methoxy groups -OCH3 is 1. The molecule has 3 aromatic rings. The molecule has 0 bridgehead atoms. The summed E-state index contributed by atoms with van der Waals surface area (Å²) in [6, 6.07) is 16.2. The van der Waals surface area contributed by atoms with Crippen LogP contribution in [0.4, 0.5) is 5.13 Å². The summed E-state index contributed by atoms with van der Waals surface area (Å²) in [6.07, 6.45) is 1.05. The van der Waals surface area contributed by atoms with Crippen LogP contribution in [0.15, 0.2) is 53.9 Å². The molecule has 1 unspecified atom stereocenters. The number of likely N-dealkylation sites (N-methyl/N-ethyl adjacent to an activating group) is 1. The number of benzene rings is 2. The van der Waals surface area contributed by atoms with Gasteiger partial charge in [0.2, 0.25) is 5.91 Å². The van der Waals surface area contributed by atoms with Gasteiger partial charge in [-0.1, -0.05) is 38.1 Å². The van der Waals surface area contributed by atoms with Crippen LogP contribution in [0.2, 0.25) is 0 Å². The number of carbonyl (C=O) groups is 1. The van der Waals surface area contributed by atoms with E-state index in [1.807, 2.05) is 36.6 Å². The Balaban J connectivity index is 1.71. The van der Waals surface area contributed by atoms with Crippen LogP contribution in [0.5, 0.6) is 5.75 Å². The molecule has 152 valence electrons. The van der Waals surface area contributed by atoms with Crippen LogP contribution in [0.25, 0.3) is 11.3 Å². The fourth-order valence-electron chi connectivity index (χ4n) is 3.25. The number of anilines is 1. The number of rotatable bonds is 7. The summed E-state index contributed by atoms with van der Waals surface area (Å²) in [7, 11) is 3.44. The fraction of sp³-hybridized carbons (Fsp3) is 0.333. The Bertz CT molecular complexity index is 946. The lowest BCUT2D eigenvalue weighted by molar-refractivity contribution is -0.119. The van der Waals surface area contributed by atoms with E-state index < -0.39 is 0 Å². The number of nitrogens with zero attached hydrogens (tertiary/aromatic N) is 2. The third-order valence-corrected chi connectivity index (χ3v) is 5.91. The van der Waals surface area contributed by atoms with Crippen molar-refractivity contribution in [2.75, 3.05) is 19.1 Å². The molecule has 1 amide bonds. The maximum Gasteiger partial charge on any atom is 0.235 e. The molecule has 0 aliphatic rings. The molecule has 2 aromatic carbocycles. The number of amides is 1. The average Bonchev–Trinajstić information content (AvgIpc) is 3.22. The smallest absolute Gasteiger partial charge is 0.235 e. The van der Waals surface area contributed by atoms with Gasteiger partial charge in [0.1, 0.15) is 5.75 Å². The van der Waals surface area contributed by atoms with Gasteiger partial charge in [0.15, 0.2) is 5.13 Å². The second-order valence-electron chi connectivity index (χ2n) is 7.70. The Labute approximate surface area is 177 Å². The van der Waals surface area contributed by atoms with Gasteiger partial charge >= 0.3 is 0 Å². The van der Waals surface area contributed by atoms with Gasteiger partial charge in [0, 0.05) is 18.0 Å². The molecule has 0 spiro atoms. The van der Waals surface area contributed by atoms with Gasteiger partial charge in [-0.25, -0.2) is 4.98 Å². The van der Waals surface area contributed by atoms with Crippen molar-refractivity contribution in [3.63, 3.8) is 0 Å². The molecule has 0 radical (unpaired) electrons. The average molecular weight is 409 g/mol. The summed E-state index contributed by atoms with van der Waals surface area (Å²) in [4.78, 5) is 19.3. The Morgan fingerprint density at radius 3 is 2.31 bits per heavy atom. The Kier molecular flexibility index (Phi) is 6.70. The van der Waals surface area contributed by atoms with Crippen LogP contribution in [-0.2, 0) is 11.2 Å². The van der Waals surface area contributed by atoms with E-state index in [2.05, 4.69) is 43.1 Å². The lowest BCUT2D eigenvalue weighted by Gasteiger charge is -2.19. The molecule has 0 aliphatic carbocycles. The van der Waals surface area contributed by atoms with Crippen LogP contribution < -0.4 is 9.64 Å². The highest BCUT2D eigenvalue weighted by molar-refractivity contribution is 7.14. The van der Waals surface area contributed by atoms with Crippen molar-refractivity contribution in [1.82, 2.24) is 4.98 Å². The Morgan fingerprint density at radius 2 is 1.72 bits per heavy atom. The van der Waals surface area contributed by atoms with Crippen LogP contribution in [0, 0.1) is 5.92 Å². The van der Waals surface area contributed by atoms with Crippen LogP contribution in [0.3, 0.4) is 0 Å². The van der Waals surface area contributed by atoms with Crippen molar-refractivity contribution in [1.29, 1.82) is 0 Å². The summed E-state index contributed by atoms with van der Waals surface area (Å²) in [6.45, 7) is 6.38. The third-order valence-electron chi connectivity index (χ3n) is 4.99. The van der Waals surface area contributed by atoms with E-state index in [-0.39, 0.29) is 11.8 Å². The van der Waals surface area contributed by atoms with Crippen LogP contribution in [0.1, 0.15) is 37.8 Å². The first kappa shape index (κ1) is 21.1. The normalized spacial score (nSPS) is 12.1. The SMILES string of the molecule is COc1ccc(-c2csc(N(C)C(=O)C(C)c3ccc(CC(C)C)cc3)n2)cc1. The second kappa shape index (κ2) is 9.23. The van der Waals surface area contributed by atoms with E-state index in [0.29, 0.717) is 11.0 Å². The van der Waals surface area contributed by atoms with Gasteiger partial charge in [0.05, 0.1) is 18.7 Å². The summed E-state index contributed by atoms with van der Waals surface area (Å²) in [5.74, 6) is 1.25. The van der Waals surface area contributed by atoms with Crippen molar-refractivity contribution in [3.05, 3.63) is 65.0 Å². The Hall–Kier alpha value is -2.66. The van der Waals surface area contributed by atoms with Crippen molar-refractivity contribution in [2.24, 2.45) is 5.92 Å². The van der Waals surface area contributed by atoms with Gasteiger partial charge in [-0.15, -0.1) is 11.3 Å². The standard InChI is InChI=1S/C24H28N2O2S/c1-16(2)14-18-6-8-19(9-7-18)17(3)23(27)26(4)24-25-22(15-29-24)20-10-12-21(28-5)13-11-20/h6-13,15-17H,14H2,1-5H3. The van der Waals surface area contributed by atoms with Gasteiger partial charge in [-0.2, -0.15) is 0 Å². The number of carbonyl (C=O) groups excluding carboxylic acids is 1. The summed E-state index contributed by atoms with van der Waals surface area (Å²) < 4.78 is 5.20. The van der Waals surface area contributed by atoms with Gasteiger partial charge in [0.25, 0.3) is 0 Å². The van der Waals surface area contributed by atoms with E-state index >= 15 is 0 Å². The second-order valence-corrected chi connectivity index (χ2v) is 8.54. The first-order valence-electron chi connectivity index (χ1n) is 9.85. The van der Waals surface area contributed by atoms with Gasteiger partial charge < -0.3 is 4.74 Å². The minimum absolute atomic E-state index is 0.0391. The number of hydrogen-bond donors (Lipinski definition) is 0. The highest BCUT2D eigenvalue weighted by atomic mass is 32.1. The largest absolute Gasteiger partial charge is 0.497 e. The predicted octanol–water partition coefficient (Wildman–Crippen LogP) is 5.78. The summed E-state index contributed by atoms with van der Waals surface area (Å²) in [5.41, 5.74) is 4.20. The zero-order chi connectivity index (χ0) is 21.0. The van der Waals surface area contributed by atoms with E-state index in [1.54, 1.807) is 19.1 Å². The number of thiazole rings is 1. The highest BCUT2D eigenvalue weighted by Crippen LogP contribution is 2.30. The first-order valence-corrected chi connectivity index (χ1v) is 10.7. The van der Waals surface area contributed by atoms with E-state index in [4.69, 9.17) is 4.74 Å². The number of ether oxygens (including phenoxy) is 1. The highest BCUT2D eigenvalue weighted by Gasteiger charge is 2.22. The Morgan fingerprint density at radius 1 is 1.07 bits per heavy atom. The molecule has 0 saturated carbocycles. The summed E-state index contributed by atoms with van der Waals surface area (Å²) in [5, 5.41) is 2.68. The summed E-state index contributed by atoms with van der Waals surface area (Å²) >= 11 is 1.48. The molecular formula is C24H28N2O2S. The first-order chi connectivity index (χ1) is 13.9. The minimum Gasteiger partial charge on any atom is -0.497 e. The number of hydrogen-bond acceptors (Lipinski definition) is 4.